The molecule has 0 aliphatic rings. The smallest absolute Gasteiger partial charge is 0.216 e. The fourth-order valence-corrected chi connectivity index (χ4v) is 12.3. The molecule has 0 fully saturated rings. The van der Waals surface area contributed by atoms with Gasteiger partial charge in [0.1, 0.15) is 11.0 Å². The Hall–Kier alpha value is -1.62. The number of fused-ring (bicyclic) bond motifs is 1. The van der Waals surface area contributed by atoms with Crippen molar-refractivity contribution in [3.63, 3.8) is 0 Å². The maximum absolute atomic E-state index is 10.6. The Morgan fingerprint density at radius 3 is 1.23 bits per heavy atom. The molecule has 0 saturated carbocycles. The van der Waals surface area contributed by atoms with Crippen LogP contribution < -0.4 is 0 Å². The highest BCUT2D eigenvalue weighted by molar-refractivity contribution is 9.11. The Bertz CT molecular complexity index is 1680. The van der Waals surface area contributed by atoms with Crippen molar-refractivity contribution in [1.29, 1.82) is 5.26 Å². The van der Waals surface area contributed by atoms with Gasteiger partial charge in [0.2, 0.25) is 5.69 Å². The molecule has 0 saturated heterocycles. The third-order valence-corrected chi connectivity index (χ3v) is 16.0. The summed E-state index contributed by atoms with van der Waals surface area (Å²) in [6.07, 6.45) is 40.0. The number of aromatic nitrogens is 2. The van der Waals surface area contributed by atoms with Gasteiger partial charge in [-0.1, -0.05) is 181 Å². The van der Waals surface area contributed by atoms with Gasteiger partial charge in [0.05, 0.1) is 37.5 Å². The normalized spacial score (nSPS) is 11.5. The van der Waals surface area contributed by atoms with Crippen molar-refractivity contribution in [3.05, 3.63) is 47.8 Å². The molecule has 9 heteroatoms. The van der Waals surface area contributed by atoms with Gasteiger partial charge in [-0.2, -0.15) is 14.0 Å². The summed E-state index contributed by atoms with van der Waals surface area (Å²) in [5, 5.41) is 10.6. The molecule has 1 aromatic carbocycles. The minimum atomic E-state index is 0.391. The summed E-state index contributed by atoms with van der Waals surface area (Å²) in [6, 6.07) is 6.88. The van der Waals surface area contributed by atoms with E-state index in [2.05, 4.69) is 68.8 Å². The van der Waals surface area contributed by atoms with Crippen LogP contribution in [-0.2, 0) is 12.8 Å². The number of thiophene rings is 2. The highest BCUT2D eigenvalue weighted by Gasteiger charge is 2.27. The lowest BCUT2D eigenvalue weighted by atomic mass is 9.96. The van der Waals surface area contributed by atoms with Crippen molar-refractivity contribution in [2.45, 2.75) is 206 Å². The zero-order valence-electron chi connectivity index (χ0n) is 35.1. The predicted molar refractivity (Wildman–Crippen MR) is 258 cm³/mol. The predicted octanol–water partition coefficient (Wildman–Crippen LogP) is 19.1. The molecule has 4 nitrogen and oxygen atoms in total. The Balaban J connectivity index is 1.27. The van der Waals surface area contributed by atoms with E-state index in [1.807, 2.05) is 0 Å². The van der Waals surface area contributed by atoms with Crippen LogP contribution >= 0.6 is 66.3 Å². The number of nitrogens with zero attached hydrogens (tertiary/aromatic N) is 4. The molecule has 0 bridgehead atoms. The number of halogens is 2. The molecule has 0 radical (unpaired) electrons. The molecular formula is C48H68Br2N4S3. The summed E-state index contributed by atoms with van der Waals surface area (Å²) in [6.45, 7) is 12.9. The van der Waals surface area contributed by atoms with Gasteiger partial charge < -0.3 is 0 Å². The van der Waals surface area contributed by atoms with Crippen LogP contribution in [0.4, 0.5) is 5.69 Å². The van der Waals surface area contributed by atoms with Crippen LogP contribution in [0.25, 0.3) is 36.8 Å². The van der Waals surface area contributed by atoms with E-state index in [0.29, 0.717) is 11.3 Å². The van der Waals surface area contributed by atoms with E-state index in [0.717, 1.165) is 65.2 Å². The number of unbranched alkanes of at least 4 members (excludes halogenated alkanes) is 26. The van der Waals surface area contributed by atoms with Crippen LogP contribution in [0.2, 0.25) is 0 Å². The number of nitriles is 1. The molecule has 4 rings (SSSR count). The fourth-order valence-electron chi connectivity index (χ4n) is 8.10. The van der Waals surface area contributed by atoms with E-state index in [-0.39, 0.29) is 0 Å². The average molecular weight is 957 g/mol. The summed E-state index contributed by atoms with van der Waals surface area (Å²) in [4.78, 5) is 5.98. The number of aryl methyl sites for hydroxylation is 2. The van der Waals surface area contributed by atoms with Gasteiger partial charge in [-0.25, -0.2) is 4.85 Å². The lowest BCUT2D eigenvalue weighted by Gasteiger charge is -2.10. The summed E-state index contributed by atoms with van der Waals surface area (Å²) < 4.78 is 11.7. The second kappa shape index (κ2) is 28.8. The quantitative estimate of drug-likeness (QED) is 0.0362. The number of hydrogen-bond acceptors (Lipinski definition) is 6. The highest BCUT2D eigenvalue weighted by atomic mass is 79.9. The Labute approximate surface area is 375 Å². The van der Waals surface area contributed by atoms with Gasteiger partial charge in [0.25, 0.3) is 0 Å². The molecule has 0 spiro atoms. The van der Waals surface area contributed by atoms with Crippen LogP contribution in [0.1, 0.15) is 210 Å². The number of rotatable bonds is 32. The monoisotopic (exact) mass is 954 g/mol. The van der Waals surface area contributed by atoms with Gasteiger partial charge in [-0.05, 0) is 80.8 Å². The Morgan fingerprint density at radius 1 is 0.544 bits per heavy atom. The van der Waals surface area contributed by atoms with Crippen molar-refractivity contribution in [2.75, 3.05) is 0 Å². The minimum absolute atomic E-state index is 0.391. The van der Waals surface area contributed by atoms with Gasteiger partial charge in [0, 0.05) is 20.9 Å². The zero-order valence-corrected chi connectivity index (χ0v) is 40.8. The molecule has 312 valence electrons. The first kappa shape index (κ1) is 48.1. The van der Waals surface area contributed by atoms with Crippen molar-refractivity contribution in [1.82, 2.24) is 8.75 Å². The molecule has 3 aromatic heterocycles. The lowest BCUT2D eigenvalue weighted by Crippen LogP contribution is -1.91. The van der Waals surface area contributed by atoms with E-state index in [1.54, 1.807) is 22.7 Å². The standard InChI is InChI=1S/C48H68Br2N4S3/c1-4-6-8-10-12-14-16-18-20-22-24-26-28-30-32-37-34-40(55-47(37)49)42-39(36-51)44(52-3)43(46-45(42)53-57-54-46)41-35-38(48(50)56-41)33-31-29-27-25-23-21-19-17-15-13-11-9-7-5-2/h34-35H,4-33H2,1-2H3. The molecule has 0 aliphatic carbocycles. The summed E-state index contributed by atoms with van der Waals surface area (Å²) in [5.41, 5.74) is 6.33. The Morgan fingerprint density at radius 2 is 0.877 bits per heavy atom. The van der Waals surface area contributed by atoms with E-state index < -0.39 is 0 Å². The SMILES string of the molecule is [C-]#[N+]c1c(C#N)c(-c2cc(CCCCCCCCCCCCCCCC)c(Br)s2)c2nsnc2c1-c1cc(CCCCCCCCCCCCCCCC)c(Br)s1. The van der Waals surface area contributed by atoms with Crippen molar-refractivity contribution < 1.29 is 0 Å². The number of benzene rings is 1. The lowest BCUT2D eigenvalue weighted by molar-refractivity contribution is 0.535. The second-order valence-corrected chi connectivity index (χ2v) is 21.4. The van der Waals surface area contributed by atoms with Crippen LogP contribution in [0.15, 0.2) is 19.7 Å². The van der Waals surface area contributed by atoms with Crippen LogP contribution in [0, 0.1) is 17.9 Å². The molecule has 4 aromatic rings. The molecule has 57 heavy (non-hydrogen) atoms. The summed E-state index contributed by atoms with van der Waals surface area (Å²) >= 11 is 12.2. The van der Waals surface area contributed by atoms with Crippen LogP contribution in [0.3, 0.4) is 0 Å². The summed E-state index contributed by atoms with van der Waals surface area (Å²) in [7, 11) is 0. The molecule has 0 atom stereocenters. The average Bonchev–Trinajstić information content (AvgIpc) is 3.95. The number of hydrogen-bond donors (Lipinski definition) is 0. The third kappa shape index (κ3) is 16.1. The highest BCUT2D eigenvalue weighted by Crippen LogP contribution is 2.50. The van der Waals surface area contributed by atoms with Crippen LogP contribution in [-0.4, -0.2) is 8.75 Å². The topological polar surface area (TPSA) is 53.9 Å². The third-order valence-electron chi connectivity index (χ3n) is 11.5. The maximum Gasteiger partial charge on any atom is 0.216 e. The van der Waals surface area contributed by atoms with E-state index in [4.69, 9.17) is 15.3 Å². The van der Waals surface area contributed by atoms with E-state index >= 15 is 0 Å². The van der Waals surface area contributed by atoms with Gasteiger partial charge in [-0.15, -0.1) is 22.7 Å². The zero-order chi connectivity index (χ0) is 40.5. The first-order valence-electron chi connectivity index (χ1n) is 22.7. The Kier molecular flexibility index (Phi) is 24.3. The first-order chi connectivity index (χ1) is 28.0. The van der Waals surface area contributed by atoms with Crippen molar-refractivity contribution >= 4 is 83.0 Å². The second-order valence-electron chi connectivity index (χ2n) is 16.2. The molecule has 0 unspecified atom stereocenters. The largest absolute Gasteiger partial charge is 0.236 e. The molecule has 3 heterocycles. The molecule has 0 N–H and O–H groups in total. The molecule has 0 amide bonds. The molecular weight excluding hydrogens is 889 g/mol. The summed E-state index contributed by atoms with van der Waals surface area (Å²) in [5.74, 6) is 0. The maximum atomic E-state index is 10.6. The van der Waals surface area contributed by atoms with Gasteiger partial charge in [0.15, 0.2) is 0 Å². The first-order valence-corrected chi connectivity index (χ1v) is 26.7. The fraction of sp³-hybridized carbons (Fsp3) is 0.667. The van der Waals surface area contributed by atoms with Crippen LogP contribution in [0.5, 0.6) is 0 Å². The minimum Gasteiger partial charge on any atom is -0.236 e. The molecule has 0 aliphatic heterocycles. The van der Waals surface area contributed by atoms with Crippen molar-refractivity contribution in [2.24, 2.45) is 0 Å². The van der Waals surface area contributed by atoms with Gasteiger partial charge in [-0.3, -0.25) is 0 Å². The van der Waals surface area contributed by atoms with Gasteiger partial charge >= 0.3 is 0 Å². The van der Waals surface area contributed by atoms with E-state index in [9.17, 15) is 5.26 Å². The van der Waals surface area contributed by atoms with Crippen molar-refractivity contribution in [3.8, 4) is 27.0 Å². The van der Waals surface area contributed by atoms with E-state index in [1.165, 1.54) is 190 Å².